The zero-order valence-electron chi connectivity index (χ0n) is 12.2. The van der Waals surface area contributed by atoms with Crippen molar-refractivity contribution in [2.75, 3.05) is 0 Å². The van der Waals surface area contributed by atoms with Crippen molar-refractivity contribution < 1.29 is 14.0 Å². The number of benzene rings is 2. The van der Waals surface area contributed by atoms with Crippen molar-refractivity contribution in [3.63, 3.8) is 0 Å². The summed E-state index contributed by atoms with van der Waals surface area (Å²) in [4.78, 5) is 28.4. The van der Waals surface area contributed by atoms with E-state index in [-0.39, 0.29) is 24.4 Å². The van der Waals surface area contributed by atoms with Crippen LogP contribution in [0.25, 0.3) is 11.1 Å². The van der Waals surface area contributed by atoms with Crippen LogP contribution in [-0.4, -0.2) is 16.6 Å². The molecule has 0 fully saturated rings. The lowest BCUT2D eigenvalue weighted by Gasteiger charge is -2.04. The Morgan fingerprint density at radius 2 is 1.82 bits per heavy atom. The lowest BCUT2D eigenvalue weighted by molar-refractivity contribution is 0.0917. The molecule has 3 aromatic rings. The van der Waals surface area contributed by atoms with Gasteiger partial charge >= 0.3 is 0 Å². The van der Waals surface area contributed by atoms with Gasteiger partial charge in [0.15, 0.2) is 23.5 Å². The van der Waals surface area contributed by atoms with E-state index in [0.717, 1.165) is 5.56 Å². The van der Waals surface area contributed by atoms with Crippen LogP contribution in [0.5, 0.6) is 0 Å². The van der Waals surface area contributed by atoms with Crippen LogP contribution in [0.3, 0.4) is 0 Å². The SMILES string of the molecule is Cc1ccccc1C(=O)CCC(=O)c1ccc2ocnc2c1. The predicted molar refractivity (Wildman–Crippen MR) is 83.1 cm³/mol. The minimum Gasteiger partial charge on any atom is -0.443 e. The fourth-order valence-corrected chi connectivity index (χ4v) is 2.42. The molecular weight excluding hydrogens is 278 g/mol. The molecule has 0 atom stereocenters. The molecule has 0 spiro atoms. The van der Waals surface area contributed by atoms with Crippen molar-refractivity contribution in [3.8, 4) is 0 Å². The Balaban J connectivity index is 1.69. The third-order valence-corrected chi connectivity index (χ3v) is 3.68. The zero-order valence-corrected chi connectivity index (χ0v) is 12.2. The molecule has 0 amide bonds. The van der Waals surface area contributed by atoms with Crippen molar-refractivity contribution in [1.82, 2.24) is 4.98 Å². The molecule has 3 rings (SSSR count). The number of hydrogen-bond donors (Lipinski definition) is 0. The Bertz CT molecular complexity index is 848. The van der Waals surface area contributed by atoms with Crippen LogP contribution in [0.4, 0.5) is 0 Å². The molecule has 0 bridgehead atoms. The van der Waals surface area contributed by atoms with Gasteiger partial charge in [-0.25, -0.2) is 4.98 Å². The number of carbonyl (C=O) groups is 2. The molecule has 4 heteroatoms. The van der Waals surface area contributed by atoms with Gasteiger partial charge in [-0.3, -0.25) is 9.59 Å². The Hall–Kier alpha value is -2.75. The smallest absolute Gasteiger partial charge is 0.181 e. The molecule has 22 heavy (non-hydrogen) atoms. The standard InChI is InChI=1S/C18H15NO3/c1-12-4-2-3-5-14(12)17(21)8-7-16(20)13-6-9-18-15(10-13)19-11-22-18/h2-6,9-11H,7-8H2,1H3. The van der Waals surface area contributed by atoms with Crippen LogP contribution in [0.1, 0.15) is 39.1 Å². The third kappa shape index (κ3) is 2.81. The van der Waals surface area contributed by atoms with Crippen LogP contribution in [0.15, 0.2) is 53.3 Å². The number of fused-ring (bicyclic) bond motifs is 1. The fourth-order valence-electron chi connectivity index (χ4n) is 2.42. The first-order chi connectivity index (χ1) is 10.6. The van der Waals surface area contributed by atoms with Gasteiger partial charge < -0.3 is 4.42 Å². The highest BCUT2D eigenvalue weighted by atomic mass is 16.3. The van der Waals surface area contributed by atoms with E-state index in [2.05, 4.69) is 4.98 Å². The minimum atomic E-state index is -0.0631. The lowest BCUT2D eigenvalue weighted by Crippen LogP contribution is -2.06. The number of nitrogens with zero attached hydrogens (tertiary/aromatic N) is 1. The molecule has 0 N–H and O–H groups in total. The molecule has 0 aliphatic heterocycles. The maximum absolute atomic E-state index is 12.2. The highest BCUT2D eigenvalue weighted by Crippen LogP contribution is 2.17. The summed E-state index contributed by atoms with van der Waals surface area (Å²) in [6, 6.07) is 12.5. The zero-order chi connectivity index (χ0) is 15.5. The topological polar surface area (TPSA) is 60.2 Å². The molecule has 0 aliphatic carbocycles. The largest absolute Gasteiger partial charge is 0.443 e. The Kier molecular flexibility index (Phi) is 3.83. The number of oxazole rings is 1. The first-order valence-electron chi connectivity index (χ1n) is 7.10. The third-order valence-electron chi connectivity index (χ3n) is 3.68. The van der Waals surface area contributed by atoms with Gasteiger partial charge in [0, 0.05) is 24.0 Å². The van der Waals surface area contributed by atoms with E-state index >= 15 is 0 Å². The average molecular weight is 293 g/mol. The van der Waals surface area contributed by atoms with Gasteiger partial charge in [-0.15, -0.1) is 0 Å². The van der Waals surface area contributed by atoms with Gasteiger partial charge in [-0.05, 0) is 30.7 Å². The first kappa shape index (κ1) is 14.2. The van der Waals surface area contributed by atoms with Crippen LogP contribution >= 0.6 is 0 Å². The summed E-state index contributed by atoms with van der Waals surface area (Å²) in [5.41, 5.74) is 3.47. The quantitative estimate of drug-likeness (QED) is 0.667. The van der Waals surface area contributed by atoms with E-state index in [9.17, 15) is 9.59 Å². The maximum atomic E-state index is 12.2. The highest BCUT2D eigenvalue weighted by Gasteiger charge is 2.13. The molecule has 4 nitrogen and oxygen atoms in total. The van der Waals surface area contributed by atoms with E-state index < -0.39 is 0 Å². The average Bonchev–Trinajstić information content (AvgIpc) is 3.00. The van der Waals surface area contributed by atoms with Gasteiger partial charge in [0.2, 0.25) is 0 Å². The second kappa shape index (κ2) is 5.93. The van der Waals surface area contributed by atoms with Crippen molar-refractivity contribution >= 4 is 22.7 Å². The number of rotatable bonds is 5. The number of carbonyl (C=O) groups excluding carboxylic acids is 2. The Labute approximate surface area is 127 Å². The van der Waals surface area contributed by atoms with Crippen molar-refractivity contribution in [3.05, 3.63) is 65.5 Å². The first-order valence-corrected chi connectivity index (χ1v) is 7.10. The van der Waals surface area contributed by atoms with E-state index in [4.69, 9.17) is 4.42 Å². The van der Waals surface area contributed by atoms with Crippen molar-refractivity contribution in [2.45, 2.75) is 19.8 Å². The molecule has 1 heterocycles. The van der Waals surface area contributed by atoms with Gasteiger partial charge in [0.1, 0.15) is 5.52 Å². The van der Waals surface area contributed by atoms with Crippen LogP contribution in [0.2, 0.25) is 0 Å². The molecule has 0 radical (unpaired) electrons. The van der Waals surface area contributed by atoms with Gasteiger partial charge in [-0.2, -0.15) is 0 Å². The molecule has 0 aliphatic rings. The van der Waals surface area contributed by atoms with Crippen molar-refractivity contribution in [2.24, 2.45) is 0 Å². The highest BCUT2D eigenvalue weighted by molar-refractivity contribution is 6.03. The molecule has 1 aromatic heterocycles. The van der Waals surface area contributed by atoms with Crippen LogP contribution in [0, 0.1) is 6.92 Å². The molecule has 0 unspecified atom stereocenters. The van der Waals surface area contributed by atoms with Gasteiger partial charge in [-0.1, -0.05) is 24.3 Å². The fraction of sp³-hybridized carbons (Fsp3) is 0.167. The summed E-state index contributed by atoms with van der Waals surface area (Å²) in [6.07, 6.45) is 1.75. The number of hydrogen-bond acceptors (Lipinski definition) is 4. The summed E-state index contributed by atoms with van der Waals surface area (Å²) in [5.74, 6) is -0.0687. The van der Waals surface area contributed by atoms with Crippen LogP contribution < -0.4 is 0 Å². The predicted octanol–water partition coefficient (Wildman–Crippen LogP) is 3.98. The van der Waals surface area contributed by atoms with E-state index in [1.807, 2.05) is 25.1 Å². The molecule has 0 saturated carbocycles. The van der Waals surface area contributed by atoms with E-state index in [1.54, 1.807) is 24.3 Å². The number of Topliss-reactive ketones (excluding diaryl/α,β-unsaturated/α-hetero) is 2. The Morgan fingerprint density at radius 1 is 1.05 bits per heavy atom. The molecule has 2 aromatic carbocycles. The van der Waals surface area contributed by atoms with Gasteiger partial charge in [0.05, 0.1) is 0 Å². The minimum absolute atomic E-state index is 0.00559. The second-order valence-corrected chi connectivity index (χ2v) is 5.20. The normalized spacial score (nSPS) is 10.8. The second-order valence-electron chi connectivity index (χ2n) is 5.20. The maximum Gasteiger partial charge on any atom is 0.181 e. The number of ketones is 2. The van der Waals surface area contributed by atoms with Crippen molar-refractivity contribution in [1.29, 1.82) is 0 Å². The summed E-state index contributed by atoms with van der Waals surface area (Å²) in [7, 11) is 0. The monoisotopic (exact) mass is 293 g/mol. The summed E-state index contributed by atoms with van der Waals surface area (Å²) in [5, 5.41) is 0. The summed E-state index contributed by atoms with van der Waals surface area (Å²) >= 11 is 0. The number of aromatic nitrogens is 1. The Morgan fingerprint density at radius 3 is 2.64 bits per heavy atom. The van der Waals surface area contributed by atoms with E-state index in [0.29, 0.717) is 22.2 Å². The van der Waals surface area contributed by atoms with Crippen LogP contribution in [-0.2, 0) is 0 Å². The molecular formula is C18H15NO3. The summed E-state index contributed by atoms with van der Waals surface area (Å²) in [6.45, 7) is 1.90. The lowest BCUT2D eigenvalue weighted by atomic mass is 9.99. The number of aryl methyl sites for hydroxylation is 1. The van der Waals surface area contributed by atoms with E-state index in [1.165, 1.54) is 6.39 Å². The molecule has 110 valence electrons. The van der Waals surface area contributed by atoms with Gasteiger partial charge in [0.25, 0.3) is 0 Å². The molecule has 0 saturated heterocycles. The summed E-state index contributed by atoms with van der Waals surface area (Å²) < 4.78 is 5.15.